The van der Waals surface area contributed by atoms with Crippen LogP contribution in [0.15, 0.2) is 66.1 Å². The van der Waals surface area contributed by atoms with Crippen molar-refractivity contribution in [3.8, 4) is 0 Å². The molecule has 2 N–H and O–H groups in total. The first-order valence-electron chi connectivity index (χ1n) is 18.2. The fourth-order valence-corrected chi connectivity index (χ4v) is 6.78. The van der Waals surface area contributed by atoms with Crippen molar-refractivity contribution in [1.29, 1.82) is 0 Å². The van der Waals surface area contributed by atoms with Crippen LogP contribution in [0.2, 0.25) is 0 Å². The van der Waals surface area contributed by atoms with Gasteiger partial charge >= 0.3 is 17.9 Å². The molecule has 3 rings (SSSR count). The maximum Gasteiger partial charge on any atom is 0.308 e. The zero-order valence-corrected chi connectivity index (χ0v) is 32.4. The quantitative estimate of drug-likeness (QED) is 0.139. The monoisotopic (exact) mass is 768 g/mol. The Morgan fingerprint density at radius 1 is 0.741 bits per heavy atom. The van der Waals surface area contributed by atoms with Gasteiger partial charge in [-0.3, -0.25) is 28.8 Å². The van der Waals surface area contributed by atoms with Crippen LogP contribution < -0.4 is 10.6 Å². The average molecular weight is 769 g/mol. The second-order valence-electron chi connectivity index (χ2n) is 13.8. The van der Waals surface area contributed by atoms with Gasteiger partial charge in [-0.05, 0) is 55.2 Å². The number of rotatable bonds is 21. The summed E-state index contributed by atoms with van der Waals surface area (Å²) in [5.41, 5.74) is 2.77. The van der Waals surface area contributed by atoms with Crippen LogP contribution in [-0.4, -0.2) is 75.5 Å². The molecule has 0 bridgehead atoms. The number of hydrogen-bond donors (Lipinski definition) is 2. The molecule has 4 atom stereocenters. The molecule has 13 nitrogen and oxygen atoms in total. The third kappa shape index (κ3) is 14.5. The number of amides is 2. The molecule has 0 saturated heterocycles. The van der Waals surface area contributed by atoms with Crippen LogP contribution in [0.5, 0.6) is 0 Å². The van der Waals surface area contributed by atoms with E-state index >= 15 is 0 Å². The summed E-state index contributed by atoms with van der Waals surface area (Å²) in [4.78, 5) is 79.9. The predicted octanol–water partition coefficient (Wildman–Crippen LogP) is 3.82. The number of ether oxygens (including phenoxy) is 3. The number of ketones is 1. The lowest BCUT2D eigenvalue weighted by Gasteiger charge is -2.29. The van der Waals surface area contributed by atoms with Crippen molar-refractivity contribution in [2.75, 3.05) is 19.5 Å². The van der Waals surface area contributed by atoms with Crippen molar-refractivity contribution in [3.63, 3.8) is 0 Å². The Morgan fingerprint density at radius 2 is 1.28 bits per heavy atom. The van der Waals surface area contributed by atoms with Crippen LogP contribution in [0, 0.1) is 23.7 Å². The highest BCUT2D eigenvalue weighted by Crippen LogP contribution is 2.31. The van der Waals surface area contributed by atoms with E-state index in [0.717, 1.165) is 28.4 Å². The average Bonchev–Trinajstić information content (AvgIpc) is 3.54. The highest BCUT2D eigenvalue weighted by molar-refractivity contribution is 7.93. The minimum absolute atomic E-state index is 0.0296. The first kappa shape index (κ1) is 43.6. The van der Waals surface area contributed by atoms with Crippen LogP contribution in [0.4, 0.5) is 0 Å². The molecule has 294 valence electrons. The van der Waals surface area contributed by atoms with E-state index in [-0.39, 0.29) is 38.6 Å². The van der Waals surface area contributed by atoms with Gasteiger partial charge in [-0.25, -0.2) is 8.42 Å². The molecule has 1 aliphatic rings. The van der Waals surface area contributed by atoms with Gasteiger partial charge in [-0.2, -0.15) is 0 Å². The van der Waals surface area contributed by atoms with Crippen LogP contribution in [0.25, 0.3) is 0 Å². The van der Waals surface area contributed by atoms with Crippen LogP contribution in [0.3, 0.4) is 0 Å². The van der Waals surface area contributed by atoms with Crippen molar-refractivity contribution in [1.82, 2.24) is 10.6 Å². The van der Waals surface area contributed by atoms with E-state index in [2.05, 4.69) is 10.6 Å². The zero-order chi connectivity index (χ0) is 39.8. The molecule has 54 heavy (non-hydrogen) atoms. The second-order valence-corrected chi connectivity index (χ2v) is 15.7. The second kappa shape index (κ2) is 21.1. The summed E-state index contributed by atoms with van der Waals surface area (Å²) in [5, 5.41) is 6.43. The summed E-state index contributed by atoms with van der Waals surface area (Å²) in [6.45, 7) is 6.86. The predicted molar refractivity (Wildman–Crippen MR) is 200 cm³/mol. The number of Topliss-reactive ketones (excluding diaryl/α,β-unsaturated/α-hetero) is 1. The van der Waals surface area contributed by atoms with E-state index in [1.807, 2.05) is 30.3 Å². The van der Waals surface area contributed by atoms with Gasteiger partial charge in [0.05, 0.1) is 50.5 Å². The molecule has 0 heterocycles. The van der Waals surface area contributed by atoms with E-state index in [4.69, 9.17) is 14.2 Å². The molecule has 2 aromatic carbocycles. The van der Waals surface area contributed by atoms with E-state index in [0.29, 0.717) is 12.8 Å². The third-order valence-electron chi connectivity index (χ3n) is 9.08. The van der Waals surface area contributed by atoms with Gasteiger partial charge < -0.3 is 24.8 Å². The maximum atomic E-state index is 14.3. The topological polar surface area (TPSA) is 188 Å². The summed E-state index contributed by atoms with van der Waals surface area (Å²) >= 11 is 0. The Kier molecular flexibility index (Phi) is 17.1. The Labute approximate surface area is 317 Å². The lowest BCUT2D eigenvalue weighted by Crippen LogP contribution is -2.50. The molecule has 0 unspecified atom stereocenters. The number of fused-ring (bicyclic) bond motifs is 1. The van der Waals surface area contributed by atoms with E-state index in [9.17, 15) is 37.2 Å². The molecule has 0 aromatic heterocycles. The fraction of sp³-hybridized carbons (Fsp3) is 0.500. The van der Waals surface area contributed by atoms with Crippen molar-refractivity contribution >= 4 is 45.3 Å². The van der Waals surface area contributed by atoms with Gasteiger partial charge in [0.1, 0.15) is 6.61 Å². The molecule has 0 aliphatic heterocycles. The molecule has 0 fully saturated rings. The summed E-state index contributed by atoms with van der Waals surface area (Å²) in [6.07, 6.45) is 1.59. The van der Waals surface area contributed by atoms with Gasteiger partial charge in [0.2, 0.25) is 11.8 Å². The van der Waals surface area contributed by atoms with Gasteiger partial charge in [0.15, 0.2) is 15.6 Å². The van der Waals surface area contributed by atoms with Crippen molar-refractivity contribution in [2.24, 2.45) is 23.7 Å². The van der Waals surface area contributed by atoms with Crippen LogP contribution in [-0.2, 0) is 72.3 Å². The Hall–Kier alpha value is -4.85. The van der Waals surface area contributed by atoms with Crippen LogP contribution >= 0.6 is 0 Å². The highest BCUT2D eigenvalue weighted by atomic mass is 32.2. The minimum Gasteiger partial charge on any atom is -0.466 e. The summed E-state index contributed by atoms with van der Waals surface area (Å²) in [5.74, 6) is -6.70. The zero-order valence-electron chi connectivity index (χ0n) is 31.6. The number of nitrogens with one attached hydrogen (secondary N) is 2. The Bertz CT molecular complexity index is 1730. The molecule has 14 heteroatoms. The van der Waals surface area contributed by atoms with E-state index in [1.165, 1.54) is 6.08 Å². The summed E-state index contributed by atoms with van der Waals surface area (Å²) in [6, 6.07) is 14.5. The number of esters is 3. The van der Waals surface area contributed by atoms with Crippen molar-refractivity contribution in [2.45, 2.75) is 84.9 Å². The van der Waals surface area contributed by atoms with Gasteiger partial charge in [-0.15, -0.1) is 0 Å². The first-order chi connectivity index (χ1) is 25.6. The van der Waals surface area contributed by atoms with Crippen LogP contribution in [0.1, 0.15) is 70.1 Å². The molecular formula is C40H52N2O11S. The number of sulfone groups is 1. The molecule has 0 saturated carbocycles. The number of benzene rings is 2. The highest BCUT2D eigenvalue weighted by Gasteiger charge is 2.39. The smallest absolute Gasteiger partial charge is 0.308 e. The lowest BCUT2D eigenvalue weighted by molar-refractivity contribution is -0.151. The first-order valence-corrected chi connectivity index (χ1v) is 20.1. The molecule has 1 aliphatic carbocycles. The molecule has 0 spiro atoms. The largest absolute Gasteiger partial charge is 0.466 e. The van der Waals surface area contributed by atoms with E-state index in [1.54, 1.807) is 52.0 Å². The minimum atomic E-state index is -3.59. The van der Waals surface area contributed by atoms with Gasteiger partial charge in [-0.1, -0.05) is 74.5 Å². The summed E-state index contributed by atoms with van der Waals surface area (Å²) < 4.78 is 39.2. The molecule has 0 radical (unpaired) electrons. The normalized spacial score (nSPS) is 15.1. The summed E-state index contributed by atoms with van der Waals surface area (Å²) in [7, 11) is -3.59. The number of hydrogen-bond acceptors (Lipinski definition) is 11. The van der Waals surface area contributed by atoms with Gasteiger partial charge in [0, 0.05) is 24.0 Å². The molecule has 2 aromatic rings. The van der Waals surface area contributed by atoms with Gasteiger partial charge in [0.25, 0.3) is 0 Å². The lowest BCUT2D eigenvalue weighted by atomic mass is 9.83. The Morgan fingerprint density at radius 3 is 1.81 bits per heavy atom. The van der Waals surface area contributed by atoms with Crippen molar-refractivity contribution in [3.05, 3.63) is 82.8 Å². The Balaban J connectivity index is 1.87. The maximum absolute atomic E-state index is 14.3. The molecule has 2 amide bonds. The molecular weight excluding hydrogens is 717 g/mol. The standard InChI is InChI=1S/C40H52N2O11S/c1-6-51-35(44)21-31(22-36(45)53-25-27-13-9-8-10-14-27)39(47)42-38(30-19-28-15-11-12-16-29(28)20-30)34(43)24-33(26(3)4)40(48)41-32(17-18-54(5,49)50)23-37(46)52-7-2/h8-18,26,30-33,38H,6-7,19-25H2,1-5H3,(H,41,48)(H,42,47)/b18-17+/t31-,32-,33+,38+/m1/s1. The fourth-order valence-electron chi connectivity index (χ4n) is 6.31. The SMILES string of the molecule is CCOC(=O)C[C@H](CC(=O)OCc1ccccc1)C(=O)N[C@H](C(=O)C[C@H](C(=O)N[C@H](/C=C/S(C)(=O)=O)CC(=O)OCC)C(C)C)C1Cc2ccccc2C1. The number of carbonyl (C=O) groups is 6. The van der Waals surface area contributed by atoms with Crippen molar-refractivity contribution < 1.29 is 51.4 Å². The number of carbonyl (C=O) groups excluding carboxylic acids is 6. The third-order valence-corrected chi connectivity index (χ3v) is 9.74. The van der Waals surface area contributed by atoms with E-state index < -0.39 is 88.0 Å².